The quantitative estimate of drug-likeness (QED) is 0.394. The van der Waals surface area contributed by atoms with Crippen molar-refractivity contribution in [3.05, 3.63) is 0 Å². The summed E-state index contributed by atoms with van der Waals surface area (Å²) in [5.41, 5.74) is 0. The van der Waals surface area contributed by atoms with Gasteiger partial charge in [-0.15, -0.1) is 0 Å². The maximum atomic E-state index is 12.0. The summed E-state index contributed by atoms with van der Waals surface area (Å²) in [6.45, 7) is 5.04. The summed E-state index contributed by atoms with van der Waals surface area (Å²) in [6.07, 6.45) is 11.7. The van der Waals surface area contributed by atoms with Crippen molar-refractivity contribution >= 4 is 5.97 Å². The van der Waals surface area contributed by atoms with Gasteiger partial charge in [0.25, 0.3) is 0 Å². The topological polar surface area (TPSA) is 26.3 Å². The summed E-state index contributed by atoms with van der Waals surface area (Å²) in [7, 11) is 0. The average Bonchev–Trinajstić information content (AvgIpc) is 3.17. The summed E-state index contributed by atoms with van der Waals surface area (Å²) >= 11 is 0. The van der Waals surface area contributed by atoms with E-state index in [1.165, 1.54) is 38.5 Å². The largest absolute Gasteiger partial charge is 0.465 e. The molecule has 0 amide bonds. The van der Waals surface area contributed by atoms with Crippen molar-refractivity contribution in [3.63, 3.8) is 0 Å². The molecule has 18 heavy (non-hydrogen) atoms. The molecular weight excluding hydrogens is 224 g/mol. The summed E-state index contributed by atoms with van der Waals surface area (Å²) in [6, 6.07) is 0. The number of carbonyl (C=O) groups is 1. The van der Waals surface area contributed by atoms with E-state index in [1.807, 2.05) is 0 Å². The first kappa shape index (κ1) is 15.5. The van der Waals surface area contributed by atoms with E-state index in [2.05, 4.69) is 13.8 Å². The van der Waals surface area contributed by atoms with E-state index in [0.717, 1.165) is 31.6 Å². The molecule has 1 saturated carbocycles. The Bertz CT molecular complexity index is 221. The van der Waals surface area contributed by atoms with Gasteiger partial charge >= 0.3 is 5.97 Å². The Morgan fingerprint density at radius 1 is 1.11 bits per heavy atom. The van der Waals surface area contributed by atoms with Crippen LogP contribution in [0.2, 0.25) is 0 Å². The molecule has 2 heteroatoms. The molecule has 1 rings (SSSR count). The zero-order valence-corrected chi connectivity index (χ0v) is 12.2. The molecule has 0 saturated heterocycles. The van der Waals surface area contributed by atoms with Crippen LogP contribution in [0.5, 0.6) is 0 Å². The lowest BCUT2D eigenvalue weighted by Crippen LogP contribution is -2.18. The Labute approximate surface area is 112 Å². The molecule has 0 radical (unpaired) electrons. The standard InChI is InChI=1S/C16H30O2/c1-3-5-7-9-15(8-6-4-2)16(17)18-13-12-14-10-11-14/h14-15H,3-13H2,1-2H3. The molecule has 0 aromatic heterocycles. The van der Waals surface area contributed by atoms with Crippen LogP contribution >= 0.6 is 0 Å². The van der Waals surface area contributed by atoms with Gasteiger partial charge in [0.1, 0.15) is 0 Å². The van der Waals surface area contributed by atoms with E-state index in [0.29, 0.717) is 6.61 Å². The predicted octanol–water partition coefficient (Wildman–Crippen LogP) is 4.72. The number of unbranched alkanes of at least 4 members (excludes halogenated alkanes) is 3. The summed E-state index contributed by atoms with van der Waals surface area (Å²) in [4.78, 5) is 12.0. The van der Waals surface area contributed by atoms with Crippen LogP contribution in [0.1, 0.15) is 78.1 Å². The minimum atomic E-state index is 0.0696. The average molecular weight is 254 g/mol. The summed E-state index contributed by atoms with van der Waals surface area (Å²) < 4.78 is 5.44. The third-order valence-electron chi connectivity index (χ3n) is 3.86. The van der Waals surface area contributed by atoms with E-state index in [-0.39, 0.29) is 11.9 Å². The smallest absolute Gasteiger partial charge is 0.308 e. The molecule has 1 unspecified atom stereocenters. The van der Waals surface area contributed by atoms with E-state index < -0.39 is 0 Å². The molecule has 1 aliphatic rings. The van der Waals surface area contributed by atoms with Crippen molar-refractivity contribution in [1.82, 2.24) is 0 Å². The molecule has 106 valence electrons. The molecule has 0 spiro atoms. The van der Waals surface area contributed by atoms with Crippen molar-refractivity contribution in [3.8, 4) is 0 Å². The van der Waals surface area contributed by atoms with Crippen LogP contribution in [0.4, 0.5) is 0 Å². The Balaban J connectivity index is 2.18. The normalized spacial score (nSPS) is 16.6. The van der Waals surface area contributed by atoms with Crippen LogP contribution in [-0.2, 0) is 9.53 Å². The van der Waals surface area contributed by atoms with Crippen molar-refractivity contribution in [2.45, 2.75) is 78.1 Å². The van der Waals surface area contributed by atoms with Gasteiger partial charge in [-0.05, 0) is 25.2 Å². The molecule has 0 heterocycles. The van der Waals surface area contributed by atoms with Crippen LogP contribution < -0.4 is 0 Å². The summed E-state index contributed by atoms with van der Waals surface area (Å²) in [5.74, 6) is 1.09. The monoisotopic (exact) mass is 254 g/mol. The van der Waals surface area contributed by atoms with Crippen LogP contribution in [-0.4, -0.2) is 12.6 Å². The fraction of sp³-hybridized carbons (Fsp3) is 0.938. The van der Waals surface area contributed by atoms with Gasteiger partial charge in [0.05, 0.1) is 12.5 Å². The second kappa shape index (κ2) is 9.41. The highest BCUT2D eigenvalue weighted by Crippen LogP contribution is 2.32. The second-order valence-electron chi connectivity index (χ2n) is 5.73. The molecule has 2 nitrogen and oxygen atoms in total. The van der Waals surface area contributed by atoms with E-state index in [9.17, 15) is 4.79 Å². The molecule has 1 atom stereocenters. The van der Waals surface area contributed by atoms with Gasteiger partial charge in [-0.25, -0.2) is 0 Å². The molecule has 0 aromatic rings. The van der Waals surface area contributed by atoms with Crippen molar-refractivity contribution < 1.29 is 9.53 Å². The molecule has 1 fully saturated rings. The van der Waals surface area contributed by atoms with Crippen molar-refractivity contribution in [2.75, 3.05) is 6.61 Å². The highest BCUT2D eigenvalue weighted by atomic mass is 16.5. The van der Waals surface area contributed by atoms with Gasteiger partial charge in [0.2, 0.25) is 0 Å². The van der Waals surface area contributed by atoms with Gasteiger partial charge < -0.3 is 4.74 Å². The number of esters is 1. The van der Waals surface area contributed by atoms with Gasteiger partial charge in [-0.1, -0.05) is 58.8 Å². The maximum absolute atomic E-state index is 12.0. The van der Waals surface area contributed by atoms with Gasteiger partial charge in [0, 0.05) is 0 Å². The van der Waals surface area contributed by atoms with Gasteiger partial charge in [-0.2, -0.15) is 0 Å². The number of rotatable bonds is 11. The zero-order valence-electron chi connectivity index (χ0n) is 12.2. The van der Waals surface area contributed by atoms with Crippen molar-refractivity contribution in [2.24, 2.45) is 11.8 Å². The zero-order chi connectivity index (χ0) is 13.2. The van der Waals surface area contributed by atoms with Crippen LogP contribution in [0.25, 0.3) is 0 Å². The second-order valence-corrected chi connectivity index (χ2v) is 5.73. The Morgan fingerprint density at radius 2 is 1.78 bits per heavy atom. The fourth-order valence-electron chi connectivity index (χ4n) is 2.32. The minimum absolute atomic E-state index is 0.0696. The lowest BCUT2D eigenvalue weighted by molar-refractivity contribution is -0.149. The SMILES string of the molecule is CCCCCC(CCCC)C(=O)OCCC1CC1. The van der Waals surface area contributed by atoms with Crippen LogP contribution in [0.15, 0.2) is 0 Å². The number of hydrogen-bond donors (Lipinski definition) is 0. The highest BCUT2D eigenvalue weighted by Gasteiger charge is 2.23. The molecule has 1 aliphatic carbocycles. The molecule has 0 bridgehead atoms. The Kier molecular flexibility index (Phi) is 8.11. The lowest BCUT2D eigenvalue weighted by Gasteiger charge is -2.15. The number of ether oxygens (including phenoxy) is 1. The summed E-state index contributed by atoms with van der Waals surface area (Å²) in [5, 5.41) is 0. The Morgan fingerprint density at radius 3 is 2.39 bits per heavy atom. The highest BCUT2D eigenvalue weighted by molar-refractivity contribution is 5.72. The molecular formula is C16H30O2. The van der Waals surface area contributed by atoms with Gasteiger partial charge in [0.15, 0.2) is 0 Å². The number of hydrogen-bond acceptors (Lipinski definition) is 2. The lowest BCUT2D eigenvalue weighted by atomic mass is 9.95. The molecule has 0 aromatic carbocycles. The first-order chi connectivity index (χ1) is 8.77. The predicted molar refractivity (Wildman–Crippen MR) is 75.5 cm³/mol. The van der Waals surface area contributed by atoms with Crippen LogP contribution in [0.3, 0.4) is 0 Å². The van der Waals surface area contributed by atoms with Gasteiger partial charge in [-0.3, -0.25) is 4.79 Å². The number of carbonyl (C=O) groups excluding carboxylic acids is 1. The van der Waals surface area contributed by atoms with Crippen LogP contribution in [0, 0.1) is 11.8 Å². The van der Waals surface area contributed by atoms with Crippen molar-refractivity contribution in [1.29, 1.82) is 0 Å². The molecule has 0 aliphatic heterocycles. The first-order valence-electron chi connectivity index (χ1n) is 7.94. The molecule has 0 N–H and O–H groups in total. The Hall–Kier alpha value is -0.530. The fourth-order valence-corrected chi connectivity index (χ4v) is 2.32. The first-order valence-corrected chi connectivity index (χ1v) is 7.94. The van der Waals surface area contributed by atoms with E-state index >= 15 is 0 Å². The third-order valence-corrected chi connectivity index (χ3v) is 3.86. The van der Waals surface area contributed by atoms with E-state index in [4.69, 9.17) is 4.74 Å². The third kappa shape index (κ3) is 7.03. The maximum Gasteiger partial charge on any atom is 0.308 e. The minimum Gasteiger partial charge on any atom is -0.465 e. The van der Waals surface area contributed by atoms with E-state index in [1.54, 1.807) is 0 Å².